The first-order valence-electron chi connectivity index (χ1n) is 6.72. The van der Waals surface area contributed by atoms with Crippen LogP contribution in [0.2, 0.25) is 5.02 Å². The van der Waals surface area contributed by atoms with Crippen molar-refractivity contribution in [2.24, 2.45) is 0 Å². The minimum atomic E-state index is -3.85. The van der Waals surface area contributed by atoms with Gasteiger partial charge < -0.3 is 4.74 Å². The van der Waals surface area contributed by atoms with E-state index in [1.165, 1.54) is 12.3 Å². The highest BCUT2D eigenvalue weighted by molar-refractivity contribution is 7.92. The molecule has 1 aromatic heterocycles. The molecule has 0 unspecified atom stereocenters. The molecule has 0 radical (unpaired) electrons. The number of pyridine rings is 1. The molecule has 0 saturated heterocycles. The fourth-order valence-electron chi connectivity index (χ4n) is 1.89. The van der Waals surface area contributed by atoms with Crippen LogP contribution in [0.4, 0.5) is 5.82 Å². The number of benzene rings is 1. The lowest BCUT2D eigenvalue weighted by atomic mass is 10.2. The number of rotatable bonds is 5. The first kappa shape index (κ1) is 16.6. The van der Waals surface area contributed by atoms with Crippen LogP contribution in [0, 0.1) is 13.8 Å². The minimum Gasteiger partial charge on any atom is -0.492 e. The molecule has 118 valence electrons. The number of nitrogens with zero attached hydrogens (tertiary/aromatic N) is 1. The van der Waals surface area contributed by atoms with Gasteiger partial charge in [0.25, 0.3) is 10.0 Å². The van der Waals surface area contributed by atoms with Crippen LogP contribution < -0.4 is 9.46 Å². The molecule has 1 N–H and O–H groups in total. The van der Waals surface area contributed by atoms with Crippen molar-refractivity contribution in [2.75, 3.05) is 11.3 Å². The lowest BCUT2D eigenvalue weighted by Gasteiger charge is -2.14. The zero-order valence-corrected chi connectivity index (χ0v) is 14.1. The summed E-state index contributed by atoms with van der Waals surface area (Å²) in [6, 6.07) is 6.52. The lowest BCUT2D eigenvalue weighted by Crippen LogP contribution is -2.16. The Morgan fingerprint density at radius 3 is 2.64 bits per heavy atom. The van der Waals surface area contributed by atoms with Gasteiger partial charge in [-0.3, -0.25) is 4.72 Å². The normalized spacial score (nSPS) is 11.3. The van der Waals surface area contributed by atoms with Crippen molar-refractivity contribution in [3.05, 3.63) is 46.6 Å². The Bertz CT molecular complexity index is 791. The van der Waals surface area contributed by atoms with Crippen LogP contribution >= 0.6 is 11.6 Å². The van der Waals surface area contributed by atoms with Gasteiger partial charge in [-0.1, -0.05) is 17.7 Å². The summed E-state index contributed by atoms with van der Waals surface area (Å²) in [4.78, 5) is 4.04. The van der Waals surface area contributed by atoms with E-state index in [-0.39, 0.29) is 16.5 Å². The predicted molar refractivity (Wildman–Crippen MR) is 87.1 cm³/mol. The SMILES string of the molecule is CCOc1cc(C)c(Cl)cc1S(=O)(=O)Nc1ncccc1C. The summed E-state index contributed by atoms with van der Waals surface area (Å²) in [6.07, 6.45) is 1.52. The quantitative estimate of drug-likeness (QED) is 0.903. The van der Waals surface area contributed by atoms with Crippen LogP contribution in [0.3, 0.4) is 0 Å². The van der Waals surface area contributed by atoms with E-state index in [2.05, 4.69) is 9.71 Å². The second-order valence-electron chi connectivity index (χ2n) is 4.76. The summed E-state index contributed by atoms with van der Waals surface area (Å²) in [5.41, 5.74) is 1.47. The summed E-state index contributed by atoms with van der Waals surface area (Å²) in [6.45, 7) is 5.71. The second-order valence-corrected chi connectivity index (χ2v) is 6.81. The van der Waals surface area contributed by atoms with Crippen LogP contribution in [0.15, 0.2) is 35.4 Å². The maximum atomic E-state index is 12.6. The first-order chi connectivity index (χ1) is 10.3. The Kier molecular flexibility index (Phi) is 4.93. The molecule has 1 aromatic carbocycles. The number of nitrogens with one attached hydrogen (secondary N) is 1. The zero-order chi connectivity index (χ0) is 16.3. The molecule has 7 heteroatoms. The summed E-state index contributed by atoms with van der Waals surface area (Å²) in [7, 11) is -3.85. The van der Waals surface area contributed by atoms with Gasteiger partial charge in [-0.05, 0) is 50.1 Å². The topological polar surface area (TPSA) is 68.3 Å². The predicted octanol–water partition coefficient (Wildman–Crippen LogP) is 3.55. The third kappa shape index (κ3) is 3.51. The molecule has 5 nitrogen and oxygen atoms in total. The van der Waals surface area contributed by atoms with Gasteiger partial charge in [0.15, 0.2) is 0 Å². The number of sulfonamides is 1. The zero-order valence-electron chi connectivity index (χ0n) is 12.6. The van der Waals surface area contributed by atoms with Gasteiger partial charge >= 0.3 is 0 Å². The van der Waals surface area contributed by atoms with Gasteiger partial charge in [-0.2, -0.15) is 0 Å². The molecular formula is C15H17ClN2O3S. The molecule has 0 bridgehead atoms. The number of hydrogen-bond acceptors (Lipinski definition) is 4. The molecular weight excluding hydrogens is 324 g/mol. The lowest BCUT2D eigenvalue weighted by molar-refractivity contribution is 0.331. The van der Waals surface area contributed by atoms with Crippen molar-refractivity contribution in [2.45, 2.75) is 25.7 Å². The Labute approximate surface area is 135 Å². The molecule has 0 aliphatic rings. The molecule has 1 heterocycles. The monoisotopic (exact) mass is 340 g/mol. The van der Waals surface area contributed by atoms with Crippen LogP contribution in [0.5, 0.6) is 5.75 Å². The smallest absolute Gasteiger partial charge is 0.266 e. The first-order valence-corrected chi connectivity index (χ1v) is 8.58. The third-order valence-electron chi connectivity index (χ3n) is 3.05. The van der Waals surface area contributed by atoms with Crippen molar-refractivity contribution in [1.82, 2.24) is 4.98 Å². The van der Waals surface area contributed by atoms with Crippen LogP contribution in [0.25, 0.3) is 0 Å². The van der Waals surface area contributed by atoms with E-state index in [0.29, 0.717) is 11.6 Å². The second kappa shape index (κ2) is 6.54. The Morgan fingerprint density at radius 1 is 1.27 bits per heavy atom. The summed E-state index contributed by atoms with van der Waals surface area (Å²) in [5, 5.41) is 0.363. The van der Waals surface area contributed by atoms with Crippen molar-refractivity contribution in [3.8, 4) is 5.75 Å². The third-order valence-corrected chi connectivity index (χ3v) is 4.82. The molecule has 0 spiro atoms. The van der Waals surface area contributed by atoms with E-state index in [1.807, 2.05) is 0 Å². The maximum Gasteiger partial charge on any atom is 0.266 e. The van der Waals surface area contributed by atoms with E-state index in [9.17, 15) is 8.42 Å². The highest BCUT2D eigenvalue weighted by Gasteiger charge is 2.22. The number of hydrogen-bond donors (Lipinski definition) is 1. The molecule has 0 aliphatic heterocycles. The molecule has 22 heavy (non-hydrogen) atoms. The Hall–Kier alpha value is -1.79. The minimum absolute atomic E-state index is 0.00463. The fraction of sp³-hybridized carbons (Fsp3) is 0.267. The molecule has 0 amide bonds. The van der Waals surface area contributed by atoms with Crippen molar-refractivity contribution < 1.29 is 13.2 Å². The van der Waals surface area contributed by atoms with Crippen molar-refractivity contribution in [1.29, 1.82) is 0 Å². The number of halogens is 1. The van der Waals surface area contributed by atoms with Gasteiger partial charge in [0.1, 0.15) is 16.5 Å². The number of anilines is 1. The summed E-state index contributed by atoms with van der Waals surface area (Å²) in [5.74, 6) is 0.548. The van der Waals surface area contributed by atoms with E-state index >= 15 is 0 Å². The van der Waals surface area contributed by atoms with Gasteiger partial charge in [0, 0.05) is 11.2 Å². The summed E-state index contributed by atoms with van der Waals surface area (Å²) >= 11 is 6.06. The number of aromatic nitrogens is 1. The standard InChI is InChI=1S/C15H17ClN2O3S/c1-4-21-13-8-11(3)12(16)9-14(13)22(19,20)18-15-10(2)6-5-7-17-15/h5-9H,4H2,1-3H3,(H,17,18). The van der Waals surface area contributed by atoms with Gasteiger partial charge in [-0.15, -0.1) is 0 Å². The van der Waals surface area contributed by atoms with E-state index in [0.717, 1.165) is 11.1 Å². The number of aryl methyl sites for hydroxylation is 2. The highest BCUT2D eigenvalue weighted by atomic mass is 35.5. The molecule has 0 saturated carbocycles. The van der Waals surface area contributed by atoms with Crippen molar-refractivity contribution >= 4 is 27.4 Å². The average Bonchev–Trinajstić information content (AvgIpc) is 2.45. The van der Waals surface area contributed by atoms with Crippen LogP contribution in [-0.2, 0) is 10.0 Å². The average molecular weight is 341 g/mol. The number of ether oxygens (including phenoxy) is 1. The maximum absolute atomic E-state index is 12.6. The molecule has 0 atom stereocenters. The molecule has 2 aromatic rings. The molecule has 2 rings (SSSR count). The largest absolute Gasteiger partial charge is 0.492 e. The van der Waals surface area contributed by atoms with Crippen molar-refractivity contribution in [3.63, 3.8) is 0 Å². The Morgan fingerprint density at radius 2 is 2.00 bits per heavy atom. The highest BCUT2D eigenvalue weighted by Crippen LogP contribution is 2.31. The van der Waals surface area contributed by atoms with Crippen LogP contribution in [0.1, 0.15) is 18.1 Å². The summed E-state index contributed by atoms with van der Waals surface area (Å²) < 4.78 is 33.1. The van der Waals surface area contributed by atoms with E-state index in [4.69, 9.17) is 16.3 Å². The van der Waals surface area contributed by atoms with E-state index in [1.54, 1.807) is 39.0 Å². The van der Waals surface area contributed by atoms with Gasteiger partial charge in [-0.25, -0.2) is 13.4 Å². The van der Waals surface area contributed by atoms with Gasteiger partial charge in [0.2, 0.25) is 0 Å². The molecule has 0 fully saturated rings. The fourth-order valence-corrected chi connectivity index (χ4v) is 3.35. The molecule has 0 aliphatic carbocycles. The Balaban J connectivity index is 2.49. The van der Waals surface area contributed by atoms with Crippen LogP contribution in [-0.4, -0.2) is 20.0 Å². The van der Waals surface area contributed by atoms with Gasteiger partial charge in [0.05, 0.1) is 6.61 Å². The van der Waals surface area contributed by atoms with E-state index < -0.39 is 10.0 Å².